The Morgan fingerprint density at radius 3 is 2.14 bits per heavy atom. The van der Waals surface area contributed by atoms with Gasteiger partial charge in [0.05, 0.1) is 12.1 Å². The normalized spacial score (nSPS) is 18.2. The van der Waals surface area contributed by atoms with Crippen LogP contribution in [-0.4, -0.2) is 75.1 Å². The Kier molecular flexibility index (Phi) is 10.9. The molecule has 0 saturated carbocycles. The Balaban J connectivity index is 0.00000228. The van der Waals surface area contributed by atoms with Crippen LogP contribution in [0.5, 0.6) is 0 Å². The topological polar surface area (TPSA) is 38.8 Å². The number of carbonyl (C=O) groups excluding carboxylic acids is 1. The van der Waals surface area contributed by atoms with E-state index in [4.69, 9.17) is 0 Å². The lowest BCUT2D eigenvalue weighted by atomic mass is 9.72. The molecule has 0 aromatic heterocycles. The molecule has 0 unspecified atom stereocenters. The van der Waals surface area contributed by atoms with Gasteiger partial charge in [0.1, 0.15) is 0 Å². The molecule has 2 saturated heterocycles. The molecule has 0 aliphatic carbocycles. The second-order valence-electron chi connectivity index (χ2n) is 9.37. The molecule has 2 fully saturated rings. The van der Waals surface area contributed by atoms with Crippen molar-refractivity contribution in [2.75, 3.05) is 64.3 Å². The van der Waals surface area contributed by atoms with Gasteiger partial charge in [-0.05, 0) is 43.7 Å². The van der Waals surface area contributed by atoms with Gasteiger partial charge in [0.25, 0.3) is 0 Å². The quantitative estimate of drug-likeness (QED) is 0.581. The highest BCUT2D eigenvalue weighted by Crippen LogP contribution is 2.38. The number of piperidine rings is 1. The van der Waals surface area contributed by atoms with E-state index in [1.807, 2.05) is 30.1 Å². The molecule has 1 amide bonds. The molecule has 2 heterocycles. The molecule has 0 spiro atoms. The number of likely N-dealkylation sites (tertiary alicyclic amines) is 1. The number of rotatable bonds is 6. The number of likely N-dealkylation sites (N-methyl/N-ethyl adjacent to an activating group) is 1. The first-order chi connectivity index (χ1) is 16.3. The van der Waals surface area contributed by atoms with Gasteiger partial charge in [0.2, 0.25) is 5.91 Å². The predicted octanol–water partition coefficient (Wildman–Crippen LogP) is 4.45. The van der Waals surface area contributed by atoms with E-state index in [9.17, 15) is 18.0 Å². The van der Waals surface area contributed by atoms with Crippen LogP contribution >= 0.6 is 24.8 Å². The molecule has 10 heteroatoms. The lowest BCUT2D eigenvalue weighted by Gasteiger charge is -2.43. The summed E-state index contributed by atoms with van der Waals surface area (Å²) in [6.07, 6.45) is -3.08. The standard InChI is InChI=1S/C26H33F3N4O.2ClH/c1-30-20-25(21-6-5-7-22(18-21)26(27,28)29)10-12-33(13-11-25)24(34)19-31-14-16-32(17-15-31)23-8-3-2-4-9-23;;/h2-9,18,30H,10-17,19-20H2,1H3;2*1H. The Labute approximate surface area is 223 Å². The average molecular weight is 547 g/mol. The molecule has 2 aliphatic heterocycles. The highest BCUT2D eigenvalue weighted by Gasteiger charge is 2.39. The van der Waals surface area contributed by atoms with Gasteiger partial charge in [-0.25, -0.2) is 0 Å². The van der Waals surface area contributed by atoms with Crippen molar-refractivity contribution in [2.24, 2.45) is 0 Å². The molecule has 4 rings (SSSR count). The van der Waals surface area contributed by atoms with Gasteiger partial charge in [-0.15, -0.1) is 24.8 Å². The first-order valence-corrected chi connectivity index (χ1v) is 11.9. The summed E-state index contributed by atoms with van der Waals surface area (Å²) in [6.45, 7) is 5.53. The lowest BCUT2D eigenvalue weighted by Crippen LogP contribution is -2.53. The zero-order valence-electron chi connectivity index (χ0n) is 20.5. The molecule has 200 valence electrons. The maximum Gasteiger partial charge on any atom is 0.416 e. The molecule has 0 atom stereocenters. The number of halogens is 5. The number of nitrogens with zero attached hydrogens (tertiary/aromatic N) is 3. The summed E-state index contributed by atoms with van der Waals surface area (Å²) in [4.78, 5) is 19.4. The molecule has 5 nitrogen and oxygen atoms in total. The molecule has 2 aliphatic rings. The highest BCUT2D eigenvalue weighted by atomic mass is 35.5. The molecular formula is C26H35Cl2F3N4O. The summed E-state index contributed by atoms with van der Waals surface area (Å²) >= 11 is 0. The van der Waals surface area contributed by atoms with Gasteiger partial charge < -0.3 is 15.1 Å². The van der Waals surface area contributed by atoms with E-state index in [1.54, 1.807) is 6.07 Å². The number of amides is 1. The molecule has 2 aromatic rings. The first kappa shape index (κ1) is 30.2. The molecule has 2 aromatic carbocycles. The van der Waals surface area contributed by atoms with Crippen molar-refractivity contribution in [3.05, 3.63) is 65.7 Å². The second-order valence-corrected chi connectivity index (χ2v) is 9.37. The fourth-order valence-corrected chi connectivity index (χ4v) is 5.21. The third-order valence-electron chi connectivity index (χ3n) is 7.24. The monoisotopic (exact) mass is 546 g/mol. The van der Waals surface area contributed by atoms with Gasteiger partial charge in [-0.1, -0.05) is 36.4 Å². The van der Waals surface area contributed by atoms with Crippen molar-refractivity contribution in [1.29, 1.82) is 0 Å². The van der Waals surface area contributed by atoms with Crippen molar-refractivity contribution in [3.63, 3.8) is 0 Å². The smallest absolute Gasteiger partial charge is 0.369 e. The van der Waals surface area contributed by atoms with Gasteiger partial charge in [0.15, 0.2) is 0 Å². The van der Waals surface area contributed by atoms with Crippen LogP contribution in [0.2, 0.25) is 0 Å². The number of carbonyl (C=O) groups is 1. The van der Waals surface area contributed by atoms with Crippen LogP contribution in [0.4, 0.5) is 18.9 Å². The van der Waals surface area contributed by atoms with Gasteiger partial charge >= 0.3 is 6.18 Å². The second kappa shape index (κ2) is 13.0. The van der Waals surface area contributed by atoms with Crippen molar-refractivity contribution in [3.8, 4) is 0 Å². The average Bonchev–Trinajstić information content (AvgIpc) is 2.85. The van der Waals surface area contributed by atoms with Crippen LogP contribution in [0.3, 0.4) is 0 Å². The van der Waals surface area contributed by atoms with Gasteiger partial charge in [-0.3, -0.25) is 9.69 Å². The summed E-state index contributed by atoms with van der Waals surface area (Å²) in [6, 6.07) is 16.0. The molecular weight excluding hydrogens is 512 g/mol. The largest absolute Gasteiger partial charge is 0.416 e. The summed E-state index contributed by atoms with van der Waals surface area (Å²) in [5.41, 5.74) is 0.878. The number of para-hydroxylation sites is 1. The van der Waals surface area contributed by atoms with Crippen LogP contribution in [0, 0.1) is 0 Å². The van der Waals surface area contributed by atoms with E-state index < -0.39 is 17.2 Å². The fraction of sp³-hybridized carbons (Fsp3) is 0.500. The zero-order valence-corrected chi connectivity index (χ0v) is 22.1. The molecule has 0 radical (unpaired) electrons. The predicted molar refractivity (Wildman–Crippen MR) is 142 cm³/mol. The maximum absolute atomic E-state index is 13.3. The van der Waals surface area contributed by atoms with E-state index in [2.05, 4.69) is 27.2 Å². The SMILES string of the molecule is CNCC1(c2cccc(C(F)(F)F)c2)CCN(C(=O)CN2CCN(c3ccccc3)CC2)CC1.Cl.Cl. The minimum Gasteiger partial charge on any atom is -0.369 e. The number of anilines is 1. The van der Waals surface area contributed by atoms with Gasteiger partial charge in [-0.2, -0.15) is 13.2 Å². The van der Waals surface area contributed by atoms with Crippen molar-refractivity contribution in [2.45, 2.75) is 24.4 Å². The van der Waals surface area contributed by atoms with E-state index in [0.29, 0.717) is 44.6 Å². The van der Waals surface area contributed by atoms with E-state index >= 15 is 0 Å². The Morgan fingerprint density at radius 1 is 0.917 bits per heavy atom. The fourth-order valence-electron chi connectivity index (χ4n) is 5.21. The van der Waals surface area contributed by atoms with E-state index in [0.717, 1.165) is 32.2 Å². The number of hydrogen-bond donors (Lipinski definition) is 1. The van der Waals surface area contributed by atoms with Crippen LogP contribution < -0.4 is 10.2 Å². The van der Waals surface area contributed by atoms with Crippen LogP contribution in [0.15, 0.2) is 54.6 Å². The van der Waals surface area contributed by atoms with E-state index in [1.165, 1.54) is 17.8 Å². The Hall–Kier alpha value is -2.00. The number of piperazine rings is 1. The lowest BCUT2D eigenvalue weighted by molar-refractivity contribution is -0.137. The summed E-state index contributed by atoms with van der Waals surface area (Å²) in [7, 11) is 1.82. The van der Waals surface area contributed by atoms with Crippen molar-refractivity contribution >= 4 is 36.4 Å². The maximum atomic E-state index is 13.3. The molecule has 0 bridgehead atoms. The zero-order chi connectivity index (χ0) is 24.2. The number of nitrogens with one attached hydrogen (secondary N) is 1. The van der Waals surface area contributed by atoms with Gasteiger partial charge in [0, 0.05) is 56.9 Å². The Morgan fingerprint density at radius 2 is 1.56 bits per heavy atom. The van der Waals surface area contributed by atoms with Crippen LogP contribution in [0.1, 0.15) is 24.0 Å². The minimum absolute atomic E-state index is 0. The number of hydrogen-bond acceptors (Lipinski definition) is 4. The van der Waals surface area contributed by atoms with Crippen molar-refractivity contribution < 1.29 is 18.0 Å². The molecule has 36 heavy (non-hydrogen) atoms. The minimum atomic E-state index is -4.36. The first-order valence-electron chi connectivity index (χ1n) is 11.9. The summed E-state index contributed by atoms with van der Waals surface area (Å²) < 4.78 is 39.8. The third-order valence-corrected chi connectivity index (χ3v) is 7.24. The number of alkyl halides is 3. The third kappa shape index (κ3) is 7.06. The van der Waals surface area contributed by atoms with E-state index in [-0.39, 0.29) is 30.7 Å². The summed E-state index contributed by atoms with van der Waals surface area (Å²) in [5, 5.41) is 3.16. The van der Waals surface area contributed by atoms with Crippen LogP contribution in [0.25, 0.3) is 0 Å². The summed E-state index contributed by atoms with van der Waals surface area (Å²) in [5.74, 6) is 0.107. The number of benzene rings is 2. The van der Waals surface area contributed by atoms with Crippen molar-refractivity contribution in [1.82, 2.24) is 15.1 Å². The highest BCUT2D eigenvalue weighted by molar-refractivity contribution is 5.85. The molecule has 1 N–H and O–H groups in total. The Bertz CT molecular complexity index is 961. The van der Waals surface area contributed by atoms with Crippen LogP contribution in [-0.2, 0) is 16.4 Å².